The highest BCUT2D eigenvalue weighted by Gasteiger charge is 2.22. The minimum atomic E-state index is -2.69. The van der Waals surface area contributed by atoms with Crippen molar-refractivity contribution in [2.75, 3.05) is 5.32 Å². The summed E-state index contributed by atoms with van der Waals surface area (Å²) in [5, 5.41) is 3.44. The first-order valence-electron chi connectivity index (χ1n) is 4.75. The second-order valence-corrected chi connectivity index (χ2v) is 5.75. The molecule has 1 aromatic heterocycles. The van der Waals surface area contributed by atoms with Gasteiger partial charge in [-0.25, -0.2) is 13.6 Å². The summed E-state index contributed by atoms with van der Waals surface area (Å²) < 4.78 is 30.2. The molecule has 17 heavy (non-hydrogen) atoms. The van der Waals surface area contributed by atoms with Crippen molar-refractivity contribution in [3.05, 3.63) is 15.3 Å². The highest BCUT2D eigenvalue weighted by atomic mass is 35.5. The first-order chi connectivity index (χ1) is 7.70. The maximum absolute atomic E-state index is 12.6. The zero-order chi connectivity index (χ0) is 13.2. The summed E-state index contributed by atoms with van der Waals surface area (Å²) in [6, 6.07) is 0. The molecule has 0 aliphatic rings. The lowest BCUT2D eigenvalue weighted by molar-refractivity contribution is 0.0635. The number of halogens is 3. The van der Waals surface area contributed by atoms with Crippen LogP contribution >= 0.6 is 22.9 Å². The van der Waals surface area contributed by atoms with Crippen LogP contribution in [0.4, 0.5) is 19.3 Å². The highest BCUT2D eigenvalue weighted by molar-refractivity contribution is 7.15. The topological polar surface area (TPSA) is 38.3 Å². The molecule has 3 nitrogen and oxygen atoms in total. The van der Waals surface area contributed by atoms with Gasteiger partial charge in [-0.1, -0.05) is 11.6 Å². The molecule has 0 fully saturated rings. The molecule has 0 radical (unpaired) electrons. The van der Waals surface area contributed by atoms with Gasteiger partial charge in [0.1, 0.15) is 9.94 Å². The molecule has 1 amide bonds. The lowest BCUT2D eigenvalue weighted by Gasteiger charge is -2.19. The smallest absolute Gasteiger partial charge is 0.412 e. The maximum Gasteiger partial charge on any atom is 0.412 e. The SMILES string of the molecule is CC(C)(C)OC(=O)Nc1c(C(F)F)csc1Cl. The minimum absolute atomic E-state index is 0.0825. The van der Waals surface area contributed by atoms with Crippen molar-refractivity contribution < 1.29 is 18.3 Å². The summed E-state index contributed by atoms with van der Waals surface area (Å²) in [4.78, 5) is 11.4. The van der Waals surface area contributed by atoms with Crippen molar-refractivity contribution in [3.8, 4) is 0 Å². The quantitative estimate of drug-likeness (QED) is 0.855. The Balaban J connectivity index is 2.81. The molecule has 0 spiro atoms. The van der Waals surface area contributed by atoms with Crippen LogP contribution < -0.4 is 5.32 Å². The number of carbonyl (C=O) groups excluding carboxylic acids is 1. The van der Waals surface area contributed by atoms with Gasteiger partial charge in [0.05, 0.1) is 11.3 Å². The van der Waals surface area contributed by atoms with Crippen molar-refractivity contribution in [2.45, 2.75) is 32.8 Å². The first-order valence-corrected chi connectivity index (χ1v) is 6.01. The van der Waals surface area contributed by atoms with E-state index < -0.39 is 18.1 Å². The van der Waals surface area contributed by atoms with E-state index in [0.717, 1.165) is 11.3 Å². The number of ether oxygens (including phenoxy) is 1. The Bertz CT molecular complexity index is 415. The highest BCUT2D eigenvalue weighted by Crippen LogP contribution is 2.38. The van der Waals surface area contributed by atoms with Crippen molar-refractivity contribution >= 4 is 34.7 Å². The van der Waals surface area contributed by atoms with Gasteiger partial charge in [0.25, 0.3) is 6.43 Å². The number of carbonyl (C=O) groups is 1. The predicted molar refractivity (Wildman–Crippen MR) is 64.1 cm³/mol. The zero-order valence-electron chi connectivity index (χ0n) is 9.51. The van der Waals surface area contributed by atoms with E-state index in [1.54, 1.807) is 20.8 Å². The van der Waals surface area contributed by atoms with E-state index in [1.165, 1.54) is 5.38 Å². The zero-order valence-corrected chi connectivity index (χ0v) is 11.1. The standard InChI is InChI=1S/C10H12ClF2NO2S/c1-10(2,3)16-9(15)14-6-5(8(12)13)4-17-7(6)11/h4,8H,1-3H3,(H,14,15). The molecule has 1 N–H and O–H groups in total. The van der Waals surface area contributed by atoms with Crippen LogP contribution in [0.2, 0.25) is 4.34 Å². The number of amides is 1. The first kappa shape index (κ1) is 14.2. The Kier molecular flexibility index (Phi) is 4.32. The average molecular weight is 284 g/mol. The van der Waals surface area contributed by atoms with Gasteiger partial charge in [0.15, 0.2) is 0 Å². The van der Waals surface area contributed by atoms with Gasteiger partial charge in [0, 0.05) is 5.38 Å². The van der Waals surface area contributed by atoms with Crippen LogP contribution in [0.25, 0.3) is 0 Å². The molecule has 1 rings (SSSR count). The number of rotatable bonds is 2. The van der Waals surface area contributed by atoms with Crippen LogP contribution in [-0.2, 0) is 4.74 Å². The molecule has 1 aromatic rings. The van der Waals surface area contributed by atoms with E-state index >= 15 is 0 Å². The predicted octanol–water partition coefficient (Wildman–Crippen LogP) is 4.69. The largest absolute Gasteiger partial charge is 0.444 e. The van der Waals surface area contributed by atoms with Gasteiger partial charge in [-0.05, 0) is 20.8 Å². The Morgan fingerprint density at radius 1 is 1.53 bits per heavy atom. The number of nitrogens with one attached hydrogen (secondary N) is 1. The molecule has 0 saturated heterocycles. The fourth-order valence-corrected chi connectivity index (χ4v) is 2.06. The molecule has 7 heteroatoms. The summed E-state index contributed by atoms with van der Waals surface area (Å²) >= 11 is 6.65. The number of hydrogen-bond acceptors (Lipinski definition) is 3. The van der Waals surface area contributed by atoms with Crippen LogP contribution in [0.1, 0.15) is 32.8 Å². The maximum atomic E-state index is 12.6. The molecule has 0 aliphatic heterocycles. The second-order valence-electron chi connectivity index (χ2n) is 4.27. The molecule has 0 bridgehead atoms. The Morgan fingerprint density at radius 2 is 2.12 bits per heavy atom. The van der Waals surface area contributed by atoms with E-state index in [9.17, 15) is 13.6 Å². The van der Waals surface area contributed by atoms with Crippen molar-refractivity contribution in [1.29, 1.82) is 0 Å². The van der Waals surface area contributed by atoms with Gasteiger partial charge < -0.3 is 4.74 Å². The van der Waals surface area contributed by atoms with Gasteiger partial charge in [0.2, 0.25) is 0 Å². The van der Waals surface area contributed by atoms with Crippen molar-refractivity contribution in [3.63, 3.8) is 0 Å². The number of alkyl halides is 2. The lowest BCUT2D eigenvalue weighted by atomic mass is 10.2. The molecule has 0 saturated carbocycles. The summed E-state index contributed by atoms with van der Waals surface area (Å²) in [5.74, 6) is 0. The summed E-state index contributed by atoms with van der Waals surface area (Å²) in [6.07, 6.45) is -3.50. The molecular formula is C10H12ClF2NO2S. The van der Waals surface area contributed by atoms with Crippen LogP contribution in [0.15, 0.2) is 5.38 Å². The van der Waals surface area contributed by atoms with Crippen LogP contribution in [0.3, 0.4) is 0 Å². The Hall–Kier alpha value is -0.880. The summed E-state index contributed by atoms with van der Waals surface area (Å²) in [6.45, 7) is 5.03. The summed E-state index contributed by atoms with van der Waals surface area (Å²) in [7, 11) is 0. The molecule has 0 unspecified atom stereocenters. The van der Waals surface area contributed by atoms with E-state index in [1.807, 2.05) is 0 Å². The summed E-state index contributed by atoms with van der Waals surface area (Å²) in [5.41, 5.74) is -1.08. The molecule has 0 aliphatic carbocycles. The monoisotopic (exact) mass is 283 g/mol. The van der Waals surface area contributed by atoms with E-state index in [4.69, 9.17) is 16.3 Å². The number of anilines is 1. The molecule has 0 atom stereocenters. The molecule has 0 aromatic carbocycles. The molecule has 1 heterocycles. The third-order valence-electron chi connectivity index (χ3n) is 1.64. The van der Waals surface area contributed by atoms with E-state index in [2.05, 4.69) is 5.32 Å². The van der Waals surface area contributed by atoms with E-state index in [0.29, 0.717) is 0 Å². The fraction of sp³-hybridized carbons (Fsp3) is 0.500. The van der Waals surface area contributed by atoms with E-state index in [-0.39, 0.29) is 15.6 Å². The van der Waals surface area contributed by atoms with Gasteiger partial charge in [-0.15, -0.1) is 11.3 Å². The van der Waals surface area contributed by atoms with Gasteiger partial charge in [-0.3, -0.25) is 5.32 Å². The van der Waals surface area contributed by atoms with Crippen molar-refractivity contribution in [1.82, 2.24) is 0 Å². The van der Waals surface area contributed by atoms with Gasteiger partial charge >= 0.3 is 6.09 Å². The molecular weight excluding hydrogens is 272 g/mol. The number of hydrogen-bond donors (Lipinski definition) is 1. The fourth-order valence-electron chi connectivity index (χ4n) is 1.03. The number of thiophene rings is 1. The normalized spacial score (nSPS) is 11.7. The minimum Gasteiger partial charge on any atom is -0.444 e. The lowest BCUT2D eigenvalue weighted by Crippen LogP contribution is -2.27. The van der Waals surface area contributed by atoms with Crippen LogP contribution in [0, 0.1) is 0 Å². The van der Waals surface area contributed by atoms with Crippen LogP contribution in [0.5, 0.6) is 0 Å². The second kappa shape index (κ2) is 5.18. The average Bonchev–Trinajstić information content (AvgIpc) is 2.44. The van der Waals surface area contributed by atoms with Crippen LogP contribution in [-0.4, -0.2) is 11.7 Å². The third kappa shape index (κ3) is 4.12. The van der Waals surface area contributed by atoms with Crippen molar-refractivity contribution in [2.24, 2.45) is 0 Å². The Morgan fingerprint density at radius 3 is 2.59 bits per heavy atom. The molecule has 96 valence electrons. The third-order valence-corrected chi connectivity index (χ3v) is 2.87. The Labute approximate surface area is 107 Å². The van der Waals surface area contributed by atoms with Gasteiger partial charge in [-0.2, -0.15) is 0 Å².